The lowest BCUT2D eigenvalue weighted by Gasteiger charge is -2.20. The van der Waals surface area contributed by atoms with E-state index < -0.39 is 11.6 Å². The number of nitrogens with one attached hydrogen (secondary N) is 2. The molecule has 0 aliphatic carbocycles. The highest BCUT2D eigenvalue weighted by atomic mass is 19.2. The second kappa shape index (κ2) is 9.03. The monoisotopic (exact) mass is 451 g/mol. The summed E-state index contributed by atoms with van der Waals surface area (Å²) in [4.78, 5) is 16.8. The van der Waals surface area contributed by atoms with E-state index in [0.29, 0.717) is 17.1 Å². The maximum absolute atomic E-state index is 13.5. The Labute approximate surface area is 187 Å². The first-order valence-electron chi connectivity index (χ1n) is 10.6. The molecule has 1 aliphatic rings. The number of aromatic nitrogens is 4. The summed E-state index contributed by atoms with van der Waals surface area (Å²) in [5.74, 6) is -1.15. The highest BCUT2D eigenvalue weighted by Gasteiger charge is 2.23. The van der Waals surface area contributed by atoms with Gasteiger partial charge >= 0.3 is 6.01 Å². The van der Waals surface area contributed by atoms with Crippen molar-refractivity contribution in [3.05, 3.63) is 78.0 Å². The van der Waals surface area contributed by atoms with Gasteiger partial charge in [-0.1, -0.05) is 0 Å². The highest BCUT2D eigenvalue weighted by Crippen LogP contribution is 2.34. The van der Waals surface area contributed by atoms with Crippen molar-refractivity contribution in [1.82, 2.24) is 25.3 Å². The molecule has 1 fully saturated rings. The van der Waals surface area contributed by atoms with Crippen LogP contribution in [-0.4, -0.2) is 33.0 Å². The zero-order chi connectivity index (χ0) is 22.8. The minimum Gasteiger partial charge on any atom is -0.424 e. The van der Waals surface area contributed by atoms with E-state index in [2.05, 4.69) is 20.3 Å². The average Bonchev–Trinajstić information content (AvgIpc) is 3.28. The topological polar surface area (TPSA) is 75.7 Å². The number of piperidine rings is 1. The van der Waals surface area contributed by atoms with Crippen LogP contribution in [0, 0.1) is 17.5 Å². The quantitative estimate of drug-likeness (QED) is 0.436. The number of ether oxygens (including phenoxy) is 1. The van der Waals surface area contributed by atoms with Crippen molar-refractivity contribution >= 4 is 0 Å². The van der Waals surface area contributed by atoms with Crippen molar-refractivity contribution in [2.75, 3.05) is 13.1 Å². The third kappa shape index (κ3) is 4.58. The summed E-state index contributed by atoms with van der Waals surface area (Å²) in [7, 11) is 0. The molecule has 0 radical (unpaired) electrons. The molecule has 2 aromatic carbocycles. The van der Waals surface area contributed by atoms with Gasteiger partial charge in [0.1, 0.15) is 17.4 Å². The molecule has 0 bridgehead atoms. The summed E-state index contributed by atoms with van der Waals surface area (Å²) in [5, 5.41) is 3.34. The Morgan fingerprint density at radius 2 is 1.67 bits per heavy atom. The van der Waals surface area contributed by atoms with E-state index in [0.717, 1.165) is 49.5 Å². The number of hydrogen-bond acceptors (Lipinski definition) is 5. The van der Waals surface area contributed by atoms with Gasteiger partial charge < -0.3 is 15.0 Å². The lowest BCUT2D eigenvalue weighted by Crippen LogP contribution is -2.27. The Morgan fingerprint density at radius 3 is 2.42 bits per heavy atom. The van der Waals surface area contributed by atoms with Gasteiger partial charge in [0.25, 0.3) is 0 Å². The molecule has 168 valence electrons. The minimum absolute atomic E-state index is 0.0263. The van der Waals surface area contributed by atoms with Crippen molar-refractivity contribution in [2.45, 2.75) is 18.8 Å². The van der Waals surface area contributed by atoms with Crippen LogP contribution in [0.4, 0.5) is 13.2 Å². The van der Waals surface area contributed by atoms with Gasteiger partial charge in [0.2, 0.25) is 0 Å². The van der Waals surface area contributed by atoms with Gasteiger partial charge in [-0.3, -0.25) is 0 Å². The Balaban J connectivity index is 1.53. The molecule has 2 N–H and O–H groups in total. The van der Waals surface area contributed by atoms with Crippen LogP contribution in [0.2, 0.25) is 0 Å². The zero-order valence-corrected chi connectivity index (χ0v) is 17.5. The van der Waals surface area contributed by atoms with Gasteiger partial charge in [0.15, 0.2) is 11.6 Å². The molecule has 1 saturated heterocycles. The van der Waals surface area contributed by atoms with E-state index in [1.54, 1.807) is 18.2 Å². The smallest absolute Gasteiger partial charge is 0.322 e. The fraction of sp³-hybridized carbons (Fsp3) is 0.208. The van der Waals surface area contributed by atoms with Gasteiger partial charge in [-0.15, -0.1) is 0 Å². The van der Waals surface area contributed by atoms with Gasteiger partial charge in [-0.2, -0.15) is 4.98 Å². The Kier molecular flexibility index (Phi) is 5.78. The first-order chi connectivity index (χ1) is 16.1. The lowest BCUT2D eigenvalue weighted by atomic mass is 9.98. The SMILES string of the molecule is Fc1ccc(-c2nc(C3CCNCC3)[nH]c2-c2ccnc(Oc3ccc(F)c(F)c3)n2)cc1. The van der Waals surface area contributed by atoms with Crippen LogP contribution in [0.1, 0.15) is 24.6 Å². The molecule has 3 heterocycles. The van der Waals surface area contributed by atoms with Crippen LogP contribution in [0.5, 0.6) is 11.8 Å². The van der Waals surface area contributed by atoms with E-state index in [9.17, 15) is 13.2 Å². The molecule has 4 aromatic rings. The van der Waals surface area contributed by atoms with Crippen LogP contribution < -0.4 is 10.1 Å². The predicted molar refractivity (Wildman–Crippen MR) is 116 cm³/mol. The Bertz CT molecular complexity index is 1270. The zero-order valence-electron chi connectivity index (χ0n) is 17.5. The minimum atomic E-state index is -1.03. The predicted octanol–water partition coefficient (Wildman–Crippen LogP) is 5.21. The molecule has 2 aromatic heterocycles. The van der Waals surface area contributed by atoms with E-state index in [1.807, 2.05) is 0 Å². The summed E-state index contributed by atoms with van der Waals surface area (Å²) < 4.78 is 45.8. The number of imidazole rings is 1. The van der Waals surface area contributed by atoms with Gasteiger partial charge in [0.05, 0.1) is 17.1 Å². The third-order valence-corrected chi connectivity index (χ3v) is 5.56. The molecule has 0 saturated carbocycles. The number of H-pyrrole nitrogens is 1. The fourth-order valence-corrected chi connectivity index (χ4v) is 3.86. The molecule has 1 aliphatic heterocycles. The first-order valence-corrected chi connectivity index (χ1v) is 10.6. The largest absolute Gasteiger partial charge is 0.424 e. The summed E-state index contributed by atoms with van der Waals surface area (Å²) in [6, 6.07) is 11.0. The van der Waals surface area contributed by atoms with Crippen LogP contribution in [0.3, 0.4) is 0 Å². The van der Waals surface area contributed by atoms with Gasteiger partial charge in [-0.05, 0) is 68.4 Å². The van der Waals surface area contributed by atoms with Crippen LogP contribution >= 0.6 is 0 Å². The summed E-state index contributed by atoms with van der Waals surface area (Å²) in [6.45, 7) is 1.82. The highest BCUT2D eigenvalue weighted by molar-refractivity contribution is 5.76. The lowest BCUT2D eigenvalue weighted by molar-refractivity contribution is 0.431. The van der Waals surface area contributed by atoms with Crippen molar-refractivity contribution in [1.29, 1.82) is 0 Å². The maximum Gasteiger partial charge on any atom is 0.322 e. The standard InChI is InChI=1S/C24H20F3N5O/c25-16-3-1-14(2-4-16)21-22(32-23(31-21)15-7-10-28-11-8-15)20-9-12-29-24(30-20)33-17-5-6-18(26)19(27)13-17/h1-6,9,12-13,15,28H,7-8,10-11H2,(H,31,32). The average molecular weight is 451 g/mol. The second-order valence-corrected chi connectivity index (χ2v) is 7.78. The summed E-state index contributed by atoms with van der Waals surface area (Å²) in [6.07, 6.45) is 3.41. The molecule has 33 heavy (non-hydrogen) atoms. The Morgan fingerprint density at radius 1 is 0.879 bits per heavy atom. The molecule has 5 rings (SSSR count). The molecule has 9 heteroatoms. The summed E-state index contributed by atoms with van der Waals surface area (Å²) >= 11 is 0. The van der Waals surface area contributed by atoms with Gasteiger partial charge in [-0.25, -0.2) is 23.1 Å². The van der Waals surface area contributed by atoms with Gasteiger partial charge in [0, 0.05) is 23.7 Å². The van der Waals surface area contributed by atoms with Crippen LogP contribution in [0.15, 0.2) is 54.7 Å². The maximum atomic E-state index is 13.5. The van der Waals surface area contributed by atoms with E-state index in [4.69, 9.17) is 9.72 Å². The normalized spacial score (nSPS) is 14.4. The van der Waals surface area contributed by atoms with Crippen molar-refractivity contribution in [3.63, 3.8) is 0 Å². The molecular weight excluding hydrogens is 431 g/mol. The fourth-order valence-electron chi connectivity index (χ4n) is 3.86. The van der Waals surface area contributed by atoms with Crippen LogP contribution in [0.25, 0.3) is 22.6 Å². The van der Waals surface area contributed by atoms with Crippen LogP contribution in [-0.2, 0) is 0 Å². The second-order valence-electron chi connectivity index (χ2n) is 7.78. The molecule has 0 spiro atoms. The molecule has 0 amide bonds. The number of benzene rings is 2. The third-order valence-electron chi connectivity index (χ3n) is 5.56. The number of rotatable bonds is 5. The molecule has 0 atom stereocenters. The molecule has 6 nitrogen and oxygen atoms in total. The number of halogens is 3. The molecular formula is C24H20F3N5O. The number of nitrogens with zero attached hydrogens (tertiary/aromatic N) is 3. The van der Waals surface area contributed by atoms with E-state index in [1.165, 1.54) is 24.4 Å². The number of hydrogen-bond donors (Lipinski definition) is 2. The van der Waals surface area contributed by atoms with Crippen molar-refractivity contribution in [2.24, 2.45) is 0 Å². The van der Waals surface area contributed by atoms with E-state index >= 15 is 0 Å². The molecule has 0 unspecified atom stereocenters. The van der Waals surface area contributed by atoms with Crippen molar-refractivity contribution in [3.8, 4) is 34.4 Å². The Hall–Kier alpha value is -3.72. The van der Waals surface area contributed by atoms with Crippen molar-refractivity contribution < 1.29 is 17.9 Å². The first kappa shape index (κ1) is 21.1. The summed E-state index contributed by atoms with van der Waals surface area (Å²) in [5.41, 5.74) is 2.54. The number of aromatic amines is 1. The van der Waals surface area contributed by atoms with E-state index in [-0.39, 0.29) is 23.5 Å².